The molecule has 98 valence electrons. The van der Waals surface area contributed by atoms with E-state index in [0.717, 1.165) is 16.3 Å². The fraction of sp³-hybridized carbons (Fsp3) is 0.583. The van der Waals surface area contributed by atoms with E-state index in [1.165, 1.54) is 0 Å². The van der Waals surface area contributed by atoms with E-state index in [1.54, 1.807) is 11.3 Å². The maximum absolute atomic E-state index is 10.2. The van der Waals surface area contributed by atoms with Crippen LogP contribution in [0.15, 0.2) is 11.6 Å². The van der Waals surface area contributed by atoms with Crippen molar-refractivity contribution < 1.29 is 9.84 Å². The van der Waals surface area contributed by atoms with Crippen molar-refractivity contribution in [2.45, 2.75) is 25.5 Å². The first kappa shape index (κ1) is 12.1. The van der Waals surface area contributed by atoms with E-state index in [0.29, 0.717) is 32.7 Å². The maximum Gasteiger partial charge on any atom is 0.194 e. The number of imidazole rings is 1. The second-order valence-electron chi connectivity index (χ2n) is 4.83. The lowest BCUT2D eigenvalue weighted by Crippen LogP contribution is -2.40. The zero-order chi connectivity index (χ0) is 12.6. The van der Waals surface area contributed by atoms with Gasteiger partial charge < -0.3 is 15.2 Å². The predicted octanol–water partition coefficient (Wildman–Crippen LogP) is 0.945. The molecule has 1 aliphatic rings. The summed E-state index contributed by atoms with van der Waals surface area (Å²) in [5, 5.41) is 15.5. The summed E-state index contributed by atoms with van der Waals surface area (Å²) in [5.74, 6) is 0. The Labute approximate surface area is 109 Å². The fourth-order valence-electron chi connectivity index (χ4n) is 2.30. The highest BCUT2D eigenvalue weighted by atomic mass is 32.1. The molecule has 0 radical (unpaired) electrons. The van der Waals surface area contributed by atoms with Crippen molar-refractivity contribution in [2.24, 2.45) is 0 Å². The number of hydrogen-bond acceptors (Lipinski definition) is 5. The molecule has 0 aliphatic carbocycles. The summed E-state index contributed by atoms with van der Waals surface area (Å²) in [7, 11) is 0. The van der Waals surface area contributed by atoms with E-state index in [1.807, 2.05) is 18.5 Å². The molecule has 0 spiro atoms. The molecule has 0 amide bonds. The lowest BCUT2D eigenvalue weighted by atomic mass is 10.0. The molecule has 1 fully saturated rings. The highest BCUT2D eigenvalue weighted by Crippen LogP contribution is 2.19. The van der Waals surface area contributed by atoms with Crippen molar-refractivity contribution >= 4 is 16.3 Å². The number of nitrogens with one attached hydrogen (secondary N) is 1. The highest BCUT2D eigenvalue weighted by Gasteiger charge is 2.31. The Balaban J connectivity index is 1.66. The number of nitrogens with zero attached hydrogens (tertiary/aromatic N) is 2. The summed E-state index contributed by atoms with van der Waals surface area (Å²) in [5.41, 5.74) is 1.50. The molecular weight excluding hydrogens is 250 g/mol. The van der Waals surface area contributed by atoms with Crippen LogP contribution >= 0.6 is 11.3 Å². The van der Waals surface area contributed by atoms with Crippen molar-refractivity contribution in [2.75, 3.05) is 19.8 Å². The third-order valence-electron chi connectivity index (χ3n) is 3.39. The van der Waals surface area contributed by atoms with Crippen LogP contribution in [0.1, 0.15) is 17.8 Å². The van der Waals surface area contributed by atoms with E-state index in [9.17, 15) is 5.11 Å². The lowest BCUT2D eigenvalue weighted by molar-refractivity contribution is 0.0268. The molecule has 3 heterocycles. The molecule has 2 N–H and O–H groups in total. The van der Waals surface area contributed by atoms with Gasteiger partial charge in [-0.15, -0.1) is 11.3 Å². The zero-order valence-electron chi connectivity index (χ0n) is 10.3. The van der Waals surface area contributed by atoms with Crippen LogP contribution in [0.2, 0.25) is 0 Å². The Kier molecular flexibility index (Phi) is 3.11. The normalized spacial score (nSPS) is 24.1. The Bertz CT molecular complexity index is 543. The number of aryl methyl sites for hydroxylation is 1. The summed E-state index contributed by atoms with van der Waals surface area (Å²) < 4.78 is 7.32. The minimum absolute atomic E-state index is 0.430. The van der Waals surface area contributed by atoms with Gasteiger partial charge in [0, 0.05) is 37.7 Å². The van der Waals surface area contributed by atoms with Gasteiger partial charge in [0.15, 0.2) is 4.96 Å². The minimum Gasteiger partial charge on any atom is -0.386 e. The number of aliphatic hydroxyl groups is 1. The molecule has 1 unspecified atom stereocenters. The van der Waals surface area contributed by atoms with Gasteiger partial charge in [-0.3, -0.25) is 4.40 Å². The molecule has 5 nitrogen and oxygen atoms in total. The smallest absolute Gasteiger partial charge is 0.194 e. The van der Waals surface area contributed by atoms with Crippen LogP contribution in [0.4, 0.5) is 0 Å². The van der Waals surface area contributed by atoms with E-state index >= 15 is 0 Å². The Morgan fingerprint density at radius 3 is 3.33 bits per heavy atom. The second-order valence-corrected chi connectivity index (χ2v) is 5.70. The molecule has 6 heteroatoms. The summed E-state index contributed by atoms with van der Waals surface area (Å²) in [4.78, 5) is 5.52. The number of ether oxygens (including phenoxy) is 1. The third-order valence-corrected chi connectivity index (χ3v) is 4.15. The van der Waals surface area contributed by atoms with Crippen molar-refractivity contribution in [1.82, 2.24) is 14.7 Å². The summed E-state index contributed by atoms with van der Waals surface area (Å²) in [6.07, 6.45) is 2.74. The summed E-state index contributed by atoms with van der Waals surface area (Å²) in [6.45, 7) is 4.37. The van der Waals surface area contributed by atoms with Crippen LogP contribution in [0, 0.1) is 6.92 Å². The predicted molar refractivity (Wildman–Crippen MR) is 69.9 cm³/mol. The number of aromatic nitrogens is 2. The molecule has 0 aromatic carbocycles. The standard InChI is InChI=1S/C12H17N3O2S/c1-9-10(15-3-5-18-11(15)14-9)6-13-7-12(16)2-4-17-8-12/h3,5,13,16H,2,4,6-8H2,1H3. The molecule has 1 saturated heterocycles. The molecule has 0 saturated carbocycles. The number of rotatable bonds is 4. The molecular formula is C12H17N3O2S. The molecule has 2 aromatic heterocycles. The van der Waals surface area contributed by atoms with Crippen LogP contribution in [0.3, 0.4) is 0 Å². The van der Waals surface area contributed by atoms with Gasteiger partial charge in [-0.25, -0.2) is 4.98 Å². The first-order chi connectivity index (χ1) is 8.68. The van der Waals surface area contributed by atoms with Gasteiger partial charge in [0.1, 0.15) is 5.60 Å². The monoisotopic (exact) mass is 267 g/mol. The Hall–Kier alpha value is -0.950. The Morgan fingerprint density at radius 1 is 1.67 bits per heavy atom. The number of fused-ring (bicyclic) bond motifs is 1. The van der Waals surface area contributed by atoms with Crippen LogP contribution < -0.4 is 5.32 Å². The summed E-state index contributed by atoms with van der Waals surface area (Å²) >= 11 is 1.64. The average molecular weight is 267 g/mol. The topological polar surface area (TPSA) is 58.8 Å². The fourth-order valence-corrected chi connectivity index (χ4v) is 3.08. The molecule has 18 heavy (non-hydrogen) atoms. The van der Waals surface area contributed by atoms with Crippen molar-refractivity contribution in [3.05, 3.63) is 23.0 Å². The second kappa shape index (κ2) is 4.62. The Morgan fingerprint density at radius 2 is 2.56 bits per heavy atom. The lowest BCUT2D eigenvalue weighted by Gasteiger charge is -2.20. The minimum atomic E-state index is -0.702. The average Bonchev–Trinajstić information content (AvgIpc) is 2.99. The molecule has 1 atom stereocenters. The van der Waals surface area contributed by atoms with Crippen molar-refractivity contribution in [3.8, 4) is 0 Å². The first-order valence-corrected chi connectivity index (χ1v) is 6.98. The summed E-state index contributed by atoms with van der Waals surface area (Å²) in [6, 6.07) is 0. The van der Waals surface area contributed by atoms with Gasteiger partial charge in [0.05, 0.1) is 18.0 Å². The van der Waals surface area contributed by atoms with Gasteiger partial charge in [-0.05, 0) is 6.92 Å². The van der Waals surface area contributed by atoms with Gasteiger partial charge in [0.2, 0.25) is 0 Å². The van der Waals surface area contributed by atoms with Gasteiger partial charge in [-0.2, -0.15) is 0 Å². The SMILES string of the molecule is Cc1nc2sccn2c1CNCC1(O)CCOC1. The van der Waals surface area contributed by atoms with E-state index in [-0.39, 0.29) is 0 Å². The van der Waals surface area contributed by atoms with Crippen LogP contribution in [-0.4, -0.2) is 39.9 Å². The van der Waals surface area contributed by atoms with E-state index in [2.05, 4.69) is 14.7 Å². The van der Waals surface area contributed by atoms with Gasteiger partial charge in [0.25, 0.3) is 0 Å². The van der Waals surface area contributed by atoms with E-state index in [4.69, 9.17) is 4.74 Å². The van der Waals surface area contributed by atoms with Crippen molar-refractivity contribution in [1.29, 1.82) is 0 Å². The van der Waals surface area contributed by atoms with Gasteiger partial charge >= 0.3 is 0 Å². The van der Waals surface area contributed by atoms with Crippen LogP contribution in [0.25, 0.3) is 4.96 Å². The highest BCUT2D eigenvalue weighted by molar-refractivity contribution is 7.15. The van der Waals surface area contributed by atoms with E-state index < -0.39 is 5.60 Å². The van der Waals surface area contributed by atoms with Crippen LogP contribution in [-0.2, 0) is 11.3 Å². The molecule has 0 bridgehead atoms. The molecule has 1 aliphatic heterocycles. The van der Waals surface area contributed by atoms with Crippen LogP contribution in [0.5, 0.6) is 0 Å². The maximum atomic E-state index is 10.2. The number of hydrogen-bond donors (Lipinski definition) is 2. The first-order valence-electron chi connectivity index (χ1n) is 6.10. The molecule has 2 aromatic rings. The van der Waals surface area contributed by atoms with Crippen molar-refractivity contribution in [3.63, 3.8) is 0 Å². The van der Waals surface area contributed by atoms with Gasteiger partial charge in [-0.1, -0.05) is 0 Å². The number of thiazole rings is 1. The largest absolute Gasteiger partial charge is 0.386 e. The molecule has 3 rings (SSSR count). The third kappa shape index (κ3) is 2.16. The zero-order valence-corrected chi connectivity index (χ0v) is 11.2. The quantitative estimate of drug-likeness (QED) is 0.866.